The quantitative estimate of drug-likeness (QED) is 0.174. The lowest BCUT2D eigenvalue weighted by Gasteiger charge is -2.07. The van der Waals surface area contributed by atoms with E-state index < -0.39 is 0 Å². The van der Waals surface area contributed by atoms with Crippen LogP contribution in [-0.4, -0.2) is 6.04 Å². The molecular formula is C20H33N3. The van der Waals surface area contributed by atoms with Crippen molar-refractivity contribution in [3.05, 3.63) is 57.0 Å². The Bertz CT molecular complexity index is 507. The van der Waals surface area contributed by atoms with Gasteiger partial charge >= 0.3 is 0 Å². The van der Waals surface area contributed by atoms with E-state index in [1.807, 2.05) is 0 Å². The molecular weight excluding hydrogens is 282 g/mol. The maximum absolute atomic E-state index is 8.76. The summed E-state index contributed by atoms with van der Waals surface area (Å²) in [6.45, 7) is 12.7. The Hall–Kier alpha value is -1.73. The molecule has 1 atom stereocenters. The summed E-state index contributed by atoms with van der Waals surface area (Å²) in [5, 5.41) is 3.92. The summed E-state index contributed by atoms with van der Waals surface area (Å²) < 4.78 is 0. The zero-order valence-electron chi connectivity index (χ0n) is 15.8. The topological polar surface area (TPSA) is 48.8 Å². The Kier molecular flexibility index (Phi) is 11.8. The van der Waals surface area contributed by atoms with Gasteiger partial charge in [0.1, 0.15) is 0 Å². The molecule has 0 N–H and O–H groups in total. The third-order valence-corrected chi connectivity index (χ3v) is 3.57. The van der Waals surface area contributed by atoms with Gasteiger partial charge < -0.3 is 0 Å². The van der Waals surface area contributed by atoms with Crippen LogP contribution in [0.5, 0.6) is 0 Å². The molecule has 0 aromatic carbocycles. The molecule has 0 fully saturated rings. The zero-order valence-corrected chi connectivity index (χ0v) is 15.8. The van der Waals surface area contributed by atoms with E-state index in [0.717, 1.165) is 32.1 Å². The molecule has 0 aromatic rings. The minimum absolute atomic E-state index is 0.0786. The van der Waals surface area contributed by atoms with Crippen LogP contribution < -0.4 is 0 Å². The van der Waals surface area contributed by atoms with Gasteiger partial charge in [-0.2, -0.15) is 0 Å². The highest BCUT2D eigenvalue weighted by Gasteiger charge is 2.02. The van der Waals surface area contributed by atoms with E-state index in [1.165, 1.54) is 22.3 Å². The van der Waals surface area contributed by atoms with Gasteiger partial charge in [-0.25, -0.2) is 0 Å². The molecule has 0 rings (SSSR count). The zero-order chi connectivity index (χ0) is 17.7. The second kappa shape index (κ2) is 12.8. The van der Waals surface area contributed by atoms with Gasteiger partial charge in [-0.05, 0) is 79.2 Å². The lowest BCUT2D eigenvalue weighted by molar-refractivity contribution is 0.795. The molecule has 0 radical (unpaired) electrons. The number of hydrogen-bond donors (Lipinski definition) is 0. The molecule has 0 aliphatic rings. The van der Waals surface area contributed by atoms with Gasteiger partial charge in [-0.3, -0.25) is 0 Å². The monoisotopic (exact) mass is 315 g/mol. The van der Waals surface area contributed by atoms with E-state index in [2.05, 4.69) is 75.9 Å². The Morgan fingerprint density at radius 2 is 1.39 bits per heavy atom. The Morgan fingerprint density at radius 1 is 0.870 bits per heavy atom. The maximum atomic E-state index is 8.76. The van der Waals surface area contributed by atoms with Crippen LogP contribution in [0.2, 0.25) is 0 Å². The first kappa shape index (κ1) is 21.3. The molecule has 128 valence electrons. The van der Waals surface area contributed by atoms with E-state index in [4.69, 9.17) is 5.53 Å². The minimum atomic E-state index is -0.0786. The smallest absolute Gasteiger partial charge is 0.0592 e. The fourth-order valence-corrected chi connectivity index (χ4v) is 2.23. The van der Waals surface area contributed by atoms with Gasteiger partial charge in [0.2, 0.25) is 0 Å². The number of allylic oxidation sites excluding steroid dienone is 6. The number of nitrogens with zero attached hydrogens (tertiary/aromatic N) is 3. The van der Waals surface area contributed by atoms with Crippen molar-refractivity contribution >= 4 is 0 Å². The predicted molar refractivity (Wildman–Crippen MR) is 102 cm³/mol. The van der Waals surface area contributed by atoms with E-state index in [0.29, 0.717) is 0 Å². The summed E-state index contributed by atoms with van der Waals surface area (Å²) in [6.07, 6.45) is 13.8. The average Bonchev–Trinajstić information content (AvgIpc) is 2.44. The molecule has 0 aliphatic heterocycles. The van der Waals surface area contributed by atoms with E-state index >= 15 is 0 Å². The van der Waals surface area contributed by atoms with Gasteiger partial charge in [-0.15, -0.1) is 0 Å². The summed E-state index contributed by atoms with van der Waals surface area (Å²) in [4.78, 5) is 2.99. The van der Waals surface area contributed by atoms with Crippen molar-refractivity contribution in [1.82, 2.24) is 0 Å². The SMILES string of the molecule is CC(C)=CCC/C(C)=C/CC(/C=C(\C)CCC=C(C)C)N=[N+]=[N-]. The largest absolute Gasteiger partial charge is 0.0862 e. The first-order valence-electron chi connectivity index (χ1n) is 8.49. The van der Waals surface area contributed by atoms with Crippen LogP contribution in [0.3, 0.4) is 0 Å². The molecule has 3 heteroatoms. The summed E-state index contributed by atoms with van der Waals surface area (Å²) in [6, 6.07) is -0.0786. The van der Waals surface area contributed by atoms with Crippen molar-refractivity contribution in [3.8, 4) is 0 Å². The lowest BCUT2D eigenvalue weighted by Crippen LogP contribution is -1.99. The van der Waals surface area contributed by atoms with Crippen LogP contribution in [0.15, 0.2) is 51.7 Å². The first-order chi connectivity index (χ1) is 10.8. The molecule has 0 heterocycles. The molecule has 3 nitrogen and oxygen atoms in total. The highest BCUT2D eigenvalue weighted by atomic mass is 15.1. The summed E-state index contributed by atoms with van der Waals surface area (Å²) >= 11 is 0. The van der Waals surface area contributed by atoms with Crippen molar-refractivity contribution in [2.75, 3.05) is 0 Å². The fraction of sp³-hybridized carbons (Fsp3) is 0.600. The Balaban J connectivity index is 4.58. The molecule has 1 unspecified atom stereocenters. The van der Waals surface area contributed by atoms with Crippen LogP contribution in [-0.2, 0) is 0 Å². The van der Waals surface area contributed by atoms with E-state index in [9.17, 15) is 0 Å². The van der Waals surface area contributed by atoms with Crippen molar-refractivity contribution in [2.45, 2.75) is 79.7 Å². The van der Waals surface area contributed by atoms with Gasteiger partial charge in [0.15, 0.2) is 0 Å². The molecule has 0 amide bonds. The molecule has 0 saturated heterocycles. The summed E-state index contributed by atoms with van der Waals surface area (Å²) in [5.41, 5.74) is 14.1. The Labute approximate surface area is 142 Å². The van der Waals surface area contributed by atoms with Gasteiger partial charge in [-0.1, -0.05) is 51.7 Å². The molecule has 23 heavy (non-hydrogen) atoms. The van der Waals surface area contributed by atoms with Crippen LogP contribution in [0.25, 0.3) is 10.4 Å². The highest BCUT2D eigenvalue weighted by molar-refractivity contribution is 5.10. The van der Waals surface area contributed by atoms with E-state index in [1.54, 1.807) is 0 Å². The lowest BCUT2D eigenvalue weighted by atomic mass is 10.0. The standard InChI is InChI=1S/C20H33N3/c1-16(2)9-7-11-18(5)13-14-20(22-23-21)15-19(6)12-8-10-17(3)4/h9-10,13,15,20H,7-8,11-12,14H2,1-6H3/b18-13+,19-15+. The second-order valence-corrected chi connectivity index (χ2v) is 6.71. The Morgan fingerprint density at radius 3 is 1.87 bits per heavy atom. The normalized spacial score (nSPS) is 13.1. The van der Waals surface area contributed by atoms with Crippen LogP contribution >= 0.6 is 0 Å². The van der Waals surface area contributed by atoms with Gasteiger partial charge in [0, 0.05) is 4.91 Å². The number of hydrogen-bond acceptors (Lipinski definition) is 1. The van der Waals surface area contributed by atoms with Crippen LogP contribution in [0, 0.1) is 0 Å². The van der Waals surface area contributed by atoms with Gasteiger partial charge in [0.05, 0.1) is 6.04 Å². The average molecular weight is 316 g/mol. The molecule has 0 aliphatic carbocycles. The molecule has 0 aromatic heterocycles. The highest BCUT2D eigenvalue weighted by Crippen LogP contribution is 2.14. The summed E-state index contributed by atoms with van der Waals surface area (Å²) in [5.74, 6) is 0. The van der Waals surface area contributed by atoms with Crippen molar-refractivity contribution < 1.29 is 0 Å². The van der Waals surface area contributed by atoms with Crippen molar-refractivity contribution in [1.29, 1.82) is 0 Å². The van der Waals surface area contributed by atoms with Gasteiger partial charge in [0.25, 0.3) is 0 Å². The van der Waals surface area contributed by atoms with Crippen molar-refractivity contribution in [3.63, 3.8) is 0 Å². The molecule has 0 spiro atoms. The van der Waals surface area contributed by atoms with Crippen LogP contribution in [0.1, 0.15) is 73.6 Å². The third-order valence-electron chi connectivity index (χ3n) is 3.57. The number of azide groups is 1. The third kappa shape index (κ3) is 13.6. The molecule has 0 bridgehead atoms. The first-order valence-corrected chi connectivity index (χ1v) is 8.49. The second-order valence-electron chi connectivity index (χ2n) is 6.71. The summed E-state index contributed by atoms with van der Waals surface area (Å²) in [7, 11) is 0. The predicted octanol–water partition coefficient (Wildman–Crippen LogP) is 7.44. The van der Waals surface area contributed by atoms with Crippen molar-refractivity contribution in [2.24, 2.45) is 5.11 Å². The minimum Gasteiger partial charge on any atom is -0.0862 e. The fourth-order valence-electron chi connectivity index (χ4n) is 2.23. The van der Waals surface area contributed by atoms with Crippen LogP contribution in [0.4, 0.5) is 0 Å². The molecule has 0 saturated carbocycles. The van der Waals surface area contributed by atoms with E-state index in [-0.39, 0.29) is 6.04 Å². The maximum Gasteiger partial charge on any atom is 0.0592 e. The number of rotatable bonds is 10.